The third-order valence-corrected chi connectivity index (χ3v) is 4.25. The standard InChI is InChI=1S/C15H16ClN3O6/c16-10-4-1-5-11(19(24)25)13(10)14(21)17-7-12(20)18-6-2-3-9(8-18)15(22)23/h1,4-5,9H,2-3,6-8H2,(H,17,21)(H,22,23). The van der Waals surface area contributed by atoms with Crippen LogP contribution in [0, 0.1) is 16.0 Å². The largest absolute Gasteiger partial charge is 0.481 e. The van der Waals surface area contributed by atoms with Crippen molar-refractivity contribution in [3.63, 3.8) is 0 Å². The molecular weight excluding hydrogens is 354 g/mol. The van der Waals surface area contributed by atoms with Crippen LogP contribution < -0.4 is 5.32 Å². The van der Waals surface area contributed by atoms with Crippen LogP contribution in [0.15, 0.2) is 18.2 Å². The van der Waals surface area contributed by atoms with E-state index in [9.17, 15) is 24.5 Å². The summed E-state index contributed by atoms with van der Waals surface area (Å²) in [6.45, 7) is 0.0918. The summed E-state index contributed by atoms with van der Waals surface area (Å²) in [4.78, 5) is 47.0. The van der Waals surface area contributed by atoms with Crippen molar-refractivity contribution in [2.75, 3.05) is 19.6 Å². The molecule has 25 heavy (non-hydrogen) atoms. The van der Waals surface area contributed by atoms with Crippen LogP contribution in [0.1, 0.15) is 23.2 Å². The van der Waals surface area contributed by atoms with Crippen LogP contribution in [0.4, 0.5) is 5.69 Å². The number of nitro benzene ring substituents is 1. The fraction of sp³-hybridized carbons (Fsp3) is 0.400. The number of carboxylic acids is 1. The highest BCUT2D eigenvalue weighted by Gasteiger charge is 2.29. The first kappa shape index (κ1) is 18.7. The van der Waals surface area contributed by atoms with Crippen LogP contribution in [0.25, 0.3) is 0 Å². The monoisotopic (exact) mass is 369 g/mol. The number of carbonyl (C=O) groups is 3. The molecule has 1 unspecified atom stereocenters. The molecule has 0 radical (unpaired) electrons. The molecule has 0 aromatic heterocycles. The average molecular weight is 370 g/mol. The third-order valence-electron chi connectivity index (χ3n) is 3.94. The number of amides is 2. The molecule has 2 rings (SSSR count). The summed E-state index contributed by atoms with van der Waals surface area (Å²) in [5, 5.41) is 22.2. The van der Waals surface area contributed by atoms with Crippen LogP contribution in [0.5, 0.6) is 0 Å². The van der Waals surface area contributed by atoms with E-state index in [1.54, 1.807) is 0 Å². The zero-order valence-electron chi connectivity index (χ0n) is 13.1. The van der Waals surface area contributed by atoms with Gasteiger partial charge >= 0.3 is 5.97 Å². The van der Waals surface area contributed by atoms with Crippen LogP contribution in [0.3, 0.4) is 0 Å². The van der Waals surface area contributed by atoms with E-state index in [4.69, 9.17) is 16.7 Å². The highest BCUT2D eigenvalue weighted by atomic mass is 35.5. The van der Waals surface area contributed by atoms with Gasteiger partial charge in [0.15, 0.2) is 0 Å². The number of likely N-dealkylation sites (tertiary alicyclic amines) is 1. The van der Waals surface area contributed by atoms with Crippen molar-refractivity contribution in [1.29, 1.82) is 0 Å². The van der Waals surface area contributed by atoms with Crippen molar-refractivity contribution in [1.82, 2.24) is 10.2 Å². The number of piperidine rings is 1. The maximum Gasteiger partial charge on any atom is 0.308 e. The number of benzene rings is 1. The van der Waals surface area contributed by atoms with E-state index < -0.39 is 40.9 Å². The van der Waals surface area contributed by atoms with E-state index in [1.807, 2.05) is 0 Å². The van der Waals surface area contributed by atoms with Crippen LogP contribution >= 0.6 is 11.6 Å². The molecule has 0 aliphatic carbocycles. The van der Waals surface area contributed by atoms with Crippen molar-refractivity contribution in [3.8, 4) is 0 Å². The highest BCUT2D eigenvalue weighted by molar-refractivity contribution is 6.34. The minimum atomic E-state index is -0.965. The number of halogens is 1. The molecule has 9 nitrogen and oxygen atoms in total. The molecule has 134 valence electrons. The normalized spacial score (nSPS) is 17.0. The number of hydrogen-bond acceptors (Lipinski definition) is 5. The van der Waals surface area contributed by atoms with Gasteiger partial charge in [-0.15, -0.1) is 0 Å². The number of rotatable bonds is 5. The zero-order chi connectivity index (χ0) is 18.6. The second kappa shape index (κ2) is 7.93. The Kier molecular flexibility index (Phi) is 5.92. The molecule has 2 amide bonds. The van der Waals surface area contributed by atoms with Gasteiger partial charge < -0.3 is 15.3 Å². The Morgan fingerprint density at radius 3 is 2.76 bits per heavy atom. The molecule has 1 aromatic rings. The van der Waals surface area contributed by atoms with Crippen molar-refractivity contribution < 1.29 is 24.4 Å². The molecule has 10 heteroatoms. The topological polar surface area (TPSA) is 130 Å². The van der Waals surface area contributed by atoms with Crippen LogP contribution in [-0.4, -0.2) is 52.3 Å². The van der Waals surface area contributed by atoms with Crippen LogP contribution in [-0.2, 0) is 9.59 Å². The minimum absolute atomic E-state index is 0.0796. The SMILES string of the molecule is O=C(NCC(=O)N1CCCC(C(=O)O)C1)c1c(Cl)cccc1[N+](=O)[O-]. The second-order valence-corrected chi connectivity index (χ2v) is 6.00. The van der Waals surface area contributed by atoms with Gasteiger partial charge in [-0.1, -0.05) is 17.7 Å². The number of nitrogens with zero attached hydrogens (tertiary/aromatic N) is 2. The Morgan fingerprint density at radius 1 is 1.40 bits per heavy atom. The first-order valence-electron chi connectivity index (χ1n) is 7.53. The van der Waals surface area contributed by atoms with E-state index >= 15 is 0 Å². The molecule has 1 aromatic carbocycles. The quantitative estimate of drug-likeness (QED) is 0.594. The van der Waals surface area contributed by atoms with Gasteiger partial charge in [0.2, 0.25) is 5.91 Å². The van der Waals surface area contributed by atoms with Crippen molar-refractivity contribution in [2.24, 2.45) is 5.92 Å². The average Bonchev–Trinajstić information content (AvgIpc) is 2.59. The van der Waals surface area contributed by atoms with E-state index in [0.29, 0.717) is 19.4 Å². The molecule has 0 spiro atoms. The van der Waals surface area contributed by atoms with Gasteiger partial charge in [0.25, 0.3) is 11.6 Å². The lowest BCUT2D eigenvalue weighted by Crippen LogP contribution is -2.46. The summed E-state index contributed by atoms with van der Waals surface area (Å²) in [5.74, 6) is -2.88. The number of hydrogen-bond donors (Lipinski definition) is 2. The van der Waals surface area contributed by atoms with Gasteiger partial charge in [0.05, 0.1) is 22.4 Å². The predicted molar refractivity (Wildman–Crippen MR) is 87.4 cm³/mol. The van der Waals surface area contributed by atoms with Crippen LogP contribution in [0.2, 0.25) is 5.02 Å². The Bertz CT molecular complexity index is 723. The maximum absolute atomic E-state index is 12.2. The molecule has 1 atom stereocenters. The Morgan fingerprint density at radius 2 is 2.12 bits per heavy atom. The molecule has 0 bridgehead atoms. The van der Waals surface area contributed by atoms with E-state index in [2.05, 4.69) is 5.32 Å². The van der Waals surface area contributed by atoms with Gasteiger partial charge in [0.1, 0.15) is 5.56 Å². The van der Waals surface area contributed by atoms with E-state index in [0.717, 1.165) is 6.07 Å². The second-order valence-electron chi connectivity index (χ2n) is 5.59. The molecule has 1 fully saturated rings. The summed E-state index contributed by atoms with van der Waals surface area (Å²) in [5.41, 5.74) is -0.773. The Balaban J connectivity index is 2.02. The molecule has 2 N–H and O–H groups in total. The molecule has 1 aliphatic heterocycles. The minimum Gasteiger partial charge on any atom is -0.481 e. The maximum atomic E-state index is 12.2. The zero-order valence-corrected chi connectivity index (χ0v) is 13.9. The molecule has 1 saturated heterocycles. The fourth-order valence-corrected chi connectivity index (χ4v) is 2.91. The van der Waals surface area contributed by atoms with Gasteiger partial charge in [0, 0.05) is 19.2 Å². The fourth-order valence-electron chi connectivity index (χ4n) is 2.65. The molecule has 1 aliphatic rings. The van der Waals surface area contributed by atoms with Gasteiger partial charge in [-0.3, -0.25) is 24.5 Å². The summed E-state index contributed by atoms with van der Waals surface area (Å²) in [6, 6.07) is 3.83. The first-order chi connectivity index (χ1) is 11.8. The summed E-state index contributed by atoms with van der Waals surface area (Å²) in [6.07, 6.45) is 1.06. The van der Waals surface area contributed by atoms with Gasteiger partial charge in [-0.2, -0.15) is 0 Å². The lowest BCUT2D eigenvalue weighted by Gasteiger charge is -2.30. The molecular formula is C15H16ClN3O6. The number of carbonyl (C=O) groups excluding carboxylic acids is 2. The smallest absolute Gasteiger partial charge is 0.308 e. The highest BCUT2D eigenvalue weighted by Crippen LogP contribution is 2.26. The number of aliphatic carboxylic acids is 1. The van der Waals surface area contributed by atoms with Crippen molar-refractivity contribution in [3.05, 3.63) is 38.9 Å². The summed E-state index contributed by atoms with van der Waals surface area (Å²) < 4.78 is 0. The van der Waals surface area contributed by atoms with E-state index in [1.165, 1.54) is 17.0 Å². The number of nitro groups is 1. The summed E-state index contributed by atoms with van der Waals surface area (Å²) >= 11 is 5.86. The molecule has 0 saturated carbocycles. The first-order valence-corrected chi connectivity index (χ1v) is 7.90. The third kappa shape index (κ3) is 4.44. The Hall–Kier alpha value is -2.68. The number of nitrogens with one attached hydrogen (secondary N) is 1. The van der Waals surface area contributed by atoms with E-state index in [-0.39, 0.29) is 17.1 Å². The lowest BCUT2D eigenvalue weighted by molar-refractivity contribution is -0.385. The van der Waals surface area contributed by atoms with Gasteiger partial charge in [-0.05, 0) is 18.9 Å². The van der Waals surface area contributed by atoms with Gasteiger partial charge in [-0.25, -0.2) is 0 Å². The predicted octanol–water partition coefficient (Wildman–Crippen LogP) is 1.30. The summed E-state index contributed by atoms with van der Waals surface area (Å²) in [7, 11) is 0. The number of carboxylic acid groups (broad SMARTS) is 1. The lowest BCUT2D eigenvalue weighted by atomic mass is 9.98. The molecule has 1 heterocycles. The van der Waals surface area contributed by atoms with Crippen molar-refractivity contribution in [2.45, 2.75) is 12.8 Å². The Labute approximate surface area is 147 Å². The van der Waals surface area contributed by atoms with Crippen molar-refractivity contribution >= 4 is 35.1 Å².